The van der Waals surface area contributed by atoms with E-state index < -0.39 is 13.1 Å². The van der Waals surface area contributed by atoms with Crippen molar-refractivity contribution in [3.63, 3.8) is 0 Å². The van der Waals surface area contributed by atoms with Gasteiger partial charge in [0.25, 0.3) is 13.1 Å². The predicted octanol–water partition coefficient (Wildman–Crippen LogP) is 1.30. The van der Waals surface area contributed by atoms with Crippen LogP contribution in [0.1, 0.15) is 22.3 Å². The van der Waals surface area contributed by atoms with Gasteiger partial charge in [-0.1, -0.05) is 70.8 Å². The van der Waals surface area contributed by atoms with Crippen LogP contribution in [0.15, 0.2) is 97.1 Å². The summed E-state index contributed by atoms with van der Waals surface area (Å²) in [5.41, 5.74) is 5.22. The normalized spacial score (nSPS) is 11.1. The first-order valence-corrected chi connectivity index (χ1v) is 12.7. The third-order valence-electron chi connectivity index (χ3n) is 6.31. The second-order valence-electron chi connectivity index (χ2n) is 8.51. The van der Waals surface area contributed by atoms with E-state index in [0.29, 0.717) is 0 Å². The molecule has 0 spiro atoms. The molecule has 4 rings (SSSR count). The van der Waals surface area contributed by atoms with Crippen LogP contribution in [0.3, 0.4) is 0 Å². The van der Waals surface area contributed by atoms with Crippen molar-refractivity contribution >= 4 is 30.8 Å². The van der Waals surface area contributed by atoms with Crippen LogP contribution < -0.4 is 69.1 Å². The zero-order valence-electron chi connectivity index (χ0n) is 18.8. The monoisotopic (exact) mass is 430 g/mol. The molecule has 0 saturated carbocycles. The summed E-state index contributed by atoms with van der Waals surface area (Å²) in [7, 11) is 0. The number of benzene rings is 4. The van der Waals surface area contributed by atoms with Crippen LogP contribution in [0, 0.1) is 27.7 Å². The van der Waals surface area contributed by atoms with Crippen molar-refractivity contribution in [2.45, 2.75) is 27.7 Å². The number of rotatable bonds is 4. The summed E-state index contributed by atoms with van der Waals surface area (Å²) in [6.07, 6.45) is 0. The maximum Gasteiger partial charge on any atom is 1.00 e. The molecule has 0 saturated heterocycles. The largest absolute Gasteiger partial charge is 1.00 e. The maximum atomic E-state index is 2.36. The number of hydrogen-bond acceptors (Lipinski definition) is 0. The second-order valence-corrected chi connectivity index (χ2v) is 12.9. The van der Waals surface area contributed by atoms with E-state index in [1.54, 1.807) is 0 Å². The molecule has 0 N–H and O–H groups in total. The number of aryl methyl sites for hydroxylation is 4. The zero-order valence-corrected chi connectivity index (χ0v) is 23.1. The maximum absolute atomic E-state index is 2.80. The Morgan fingerprint density at radius 3 is 0.667 bits per heavy atom. The minimum absolute atomic E-state index is 0. The van der Waals surface area contributed by atoms with E-state index in [1.807, 2.05) is 0 Å². The summed E-state index contributed by atoms with van der Waals surface area (Å²) < 4.78 is 5.83. The molecule has 0 amide bonds. The van der Waals surface area contributed by atoms with E-state index in [0.717, 1.165) is 0 Å². The Bertz CT molecular complexity index is 906. The van der Waals surface area contributed by atoms with Gasteiger partial charge in [0.1, 0.15) is 0 Å². The van der Waals surface area contributed by atoms with Gasteiger partial charge in [0.15, 0.2) is 0 Å². The van der Waals surface area contributed by atoms with Crippen LogP contribution in [-0.2, 0) is 0 Å². The molecule has 0 aliphatic heterocycles. The smallest absolute Gasteiger partial charge is 0.218 e. The van der Waals surface area contributed by atoms with Gasteiger partial charge in [-0.25, -0.2) is 17.7 Å². The summed E-state index contributed by atoms with van der Waals surface area (Å²) in [5, 5.41) is 0. The fourth-order valence-electron chi connectivity index (χ4n) is 4.58. The van der Waals surface area contributed by atoms with E-state index in [-0.39, 0.29) is 51.4 Å². The average molecular weight is 431 g/mol. The third-order valence-corrected chi connectivity index (χ3v) is 11.8. The van der Waals surface area contributed by atoms with Crippen molar-refractivity contribution in [3.8, 4) is 0 Å². The molecule has 4 aromatic rings. The molecule has 0 fully saturated rings. The quantitative estimate of drug-likeness (QED) is 0.428. The molecule has 144 valence electrons. The Morgan fingerprint density at radius 1 is 0.333 bits per heavy atom. The molecule has 0 atom stereocenters. The Balaban J connectivity index is 0.00000256. The molecule has 30 heavy (non-hydrogen) atoms. The molecule has 0 heterocycles. The molecule has 0 unspecified atom stereocenters. The minimum Gasteiger partial charge on any atom is -0.218 e. The summed E-state index contributed by atoms with van der Waals surface area (Å²) >= 11 is -2.80. The summed E-state index contributed by atoms with van der Waals surface area (Å²) in [6.45, 7) is 8.67. The molecular weight excluding hydrogens is 402 g/mol. The minimum atomic E-state index is -2.80. The van der Waals surface area contributed by atoms with Gasteiger partial charge < -0.3 is 0 Å². The van der Waals surface area contributed by atoms with Gasteiger partial charge in [0.2, 0.25) is 0 Å². The van der Waals surface area contributed by atoms with E-state index in [1.165, 1.54) is 40.0 Å². The van der Waals surface area contributed by atoms with Gasteiger partial charge in [0.05, 0.1) is 0 Å². The molecule has 2 heteroatoms. The molecule has 0 aromatic heterocycles. The van der Waals surface area contributed by atoms with Crippen LogP contribution in [0.2, 0.25) is 0 Å². The van der Waals surface area contributed by atoms with Crippen molar-refractivity contribution in [2.24, 2.45) is 0 Å². The Morgan fingerprint density at radius 2 is 0.500 bits per heavy atom. The molecule has 0 radical (unpaired) electrons. The number of hydrogen-bond donors (Lipinski definition) is 0. The first kappa shape index (κ1) is 23.7. The Labute approximate surface area is 226 Å². The van der Waals surface area contributed by atoms with Crippen molar-refractivity contribution in [3.05, 3.63) is 119 Å². The van der Waals surface area contributed by atoms with E-state index in [4.69, 9.17) is 0 Å². The molecular formula is C28H28AlK. The standard InChI is InChI=1S/4C7H7.Al.K/c4*1-7-5-3-2-4-6-7;;/h4*3-6H,1H3;;/q;;;;-1;+1. The van der Waals surface area contributed by atoms with Gasteiger partial charge in [-0.3, -0.25) is 0 Å². The van der Waals surface area contributed by atoms with Crippen molar-refractivity contribution < 1.29 is 51.4 Å². The molecule has 0 nitrogen and oxygen atoms in total. The molecule has 0 aliphatic rings. The van der Waals surface area contributed by atoms with E-state index in [9.17, 15) is 0 Å². The molecule has 0 aliphatic carbocycles. The van der Waals surface area contributed by atoms with Crippen molar-refractivity contribution in [1.82, 2.24) is 0 Å². The summed E-state index contributed by atoms with van der Waals surface area (Å²) in [5.74, 6) is 0. The fourth-order valence-corrected chi connectivity index (χ4v) is 9.96. The van der Waals surface area contributed by atoms with E-state index in [2.05, 4.69) is 125 Å². The van der Waals surface area contributed by atoms with Gasteiger partial charge in [-0.05, 0) is 27.7 Å². The Kier molecular flexibility index (Phi) is 7.99. The average Bonchev–Trinajstić information content (AvgIpc) is 2.73. The first-order valence-electron chi connectivity index (χ1n) is 10.4. The molecule has 0 bridgehead atoms. The topological polar surface area (TPSA) is 0 Å². The SMILES string of the molecule is Cc1cc[c]([Al-]([c]2ccc(C)cc2)([c]2ccc(C)cc2)[c]2ccc(C)cc2)cc1.[K+]. The third kappa shape index (κ3) is 4.62. The summed E-state index contributed by atoms with van der Waals surface area (Å²) in [4.78, 5) is 0. The van der Waals surface area contributed by atoms with Crippen LogP contribution in [0.25, 0.3) is 0 Å². The van der Waals surface area contributed by atoms with Crippen LogP contribution in [0.5, 0.6) is 0 Å². The van der Waals surface area contributed by atoms with E-state index >= 15 is 0 Å². The first-order chi connectivity index (χ1) is 14.0. The van der Waals surface area contributed by atoms with Gasteiger partial charge >= 0.3 is 51.4 Å². The van der Waals surface area contributed by atoms with Crippen LogP contribution in [-0.4, -0.2) is 13.1 Å². The van der Waals surface area contributed by atoms with Crippen LogP contribution >= 0.6 is 0 Å². The predicted molar refractivity (Wildman–Crippen MR) is 129 cm³/mol. The summed E-state index contributed by atoms with van der Waals surface area (Å²) in [6, 6.07) is 37.0. The van der Waals surface area contributed by atoms with Gasteiger partial charge in [-0.15, -0.1) is 48.5 Å². The Hall–Kier alpha value is -0.951. The van der Waals surface area contributed by atoms with Gasteiger partial charge in [-0.2, -0.15) is 0 Å². The second kappa shape index (κ2) is 10.1. The van der Waals surface area contributed by atoms with Crippen molar-refractivity contribution in [2.75, 3.05) is 0 Å². The molecule has 4 aromatic carbocycles. The van der Waals surface area contributed by atoms with Crippen LogP contribution in [0.4, 0.5) is 0 Å². The zero-order chi connectivity index (χ0) is 20.4. The fraction of sp³-hybridized carbons (Fsp3) is 0.143. The van der Waals surface area contributed by atoms with Gasteiger partial charge in [0, 0.05) is 0 Å². The van der Waals surface area contributed by atoms with Crippen molar-refractivity contribution in [1.29, 1.82) is 0 Å².